The SMILES string of the molecule is O=C(c1ccc(C(F)(F)F)cc1F)C(Cc1ccc(F)cc1)n1cncn1. The third-order valence-corrected chi connectivity index (χ3v) is 3.96. The molecule has 0 radical (unpaired) electrons. The average Bonchev–Trinajstić information content (AvgIpc) is 3.14. The first-order chi connectivity index (χ1) is 12.8. The Morgan fingerprint density at radius 2 is 1.78 bits per heavy atom. The van der Waals surface area contributed by atoms with Gasteiger partial charge in [-0.25, -0.2) is 18.4 Å². The molecule has 0 saturated heterocycles. The van der Waals surface area contributed by atoms with E-state index in [-0.39, 0.29) is 12.5 Å². The Labute approximate surface area is 150 Å². The number of rotatable bonds is 5. The number of benzene rings is 2. The number of carbonyl (C=O) groups is 1. The zero-order chi connectivity index (χ0) is 19.6. The van der Waals surface area contributed by atoms with Crippen molar-refractivity contribution in [3.05, 3.63) is 83.4 Å². The van der Waals surface area contributed by atoms with E-state index < -0.39 is 40.8 Å². The predicted octanol–water partition coefficient (Wildman–Crippen LogP) is 4.24. The van der Waals surface area contributed by atoms with E-state index in [9.17, 15) is 26.7 Å². The van der Waals surface area contributed by atoms with Crippen molar-refractivity contribution in [2.24, 2.45) is 0 Å². The van der Waals surface area contributed by atoms with Gasteiger partial charge >= 0.3 is 6.18 Å². The lowest BCUT2D eigenvalue weighted by molar-refractivity contribution is -0.137. The minimum atomic E-state index is -4.72. The molecule has 0 aliphatic carbocycles. The normalized spacial score (nSPS) is 12.8. The number of carbonyl (C=O) groups excluding carboxylic acids is 1. The molecule has 2 aromatic carbocycles. The molecule has 1 heterocycles. The van der Waals surface area contributed by atoms with Crippen molar-refractivity contribution in [3.8, 4) is 0 Å². The largest absolute Gasteiger partial charge is 0.416 e. The lowest BCUT2D eigenvalue weighted by atomic mass is 9.96. The maximum atomic E-state index is 14.2. The molecule has 1 unspecified atom stereocenters. The van der Waals surface area contributed by atoms with Crippen LogP contribution in [0.15, 0.2) is 55.1 Å². The Morgan fingerprint density at radius 1 is 1.07 bits per heavy atom. The Hall–Kier alpha value is -3.10. The summed E-state index contributed by atoms with van der Waals surface area (Å²) in [5, 5.41) is 3.87. The highest BCUT2D eigenvalue weighted by molar-refractivity contribution is 5.99. The van der Waals surface area contributed by atoms with E-state index in [2.05, 4.69) is 10.1 Å². The van der Waals surface area contributed by atoms with Crippen molar-refractivity contribution in [2.45, 2.75) is 18.6 Å². The van der Waals surface area contributed by atoms with Crippen LogP contribution in [0.25, 0.3) is 0 Å². The second-order valence-electron chi connectivity index (χ2n) is 5.78. The molecule has 0 saturated carbocycles. The highest BCUT2D eigenvalue weighted by Crippen LogP contribution is 2.31. The third-order valence-electron chi connectivity index (χ3n) is 3.96. The standard InChI is InChI=1S/C18H12F5N3O/c19-13-4-1-11(2-5-13)7-16(26-10-24-9-25-26)17(27)14-6-3-12(8-15(14)20)18(21,22)23/h1-6,8-10,16H,7H2. The molecule has 3 rings (SSSR count). The van der Waals surface area contributed by atoms with E-state index in [1.807, 2.05) is 0 Å². The van der Waals surface area contributed by atoms with Gasteiger partial charge in [0.2, 0.25) is 0 Å². The van der Waals surface area contributed by atoms with Crippen LogP contribution < -0.4 is 0 Å². The van der Waals surface area contributed by atoms with Gasteiger partial charge < -0.3 is 0 Å². The molecule has 0 amide bonds. The summed E-state index contributed by atoms with van der Waals surface area (Å²) in [5.41, 5.74) is -1.12. The summed E-state index contributed by atoms with van der Waals surface area (Å²) in [6, 6.07) is 5.99. The lowest BCUT2D eigenvalue weighted by Crippen LogP contribution is -2.24. The number of halogens is 5. The molecule has 0 bridgehead atoms. The Morgan fingerprint density at radius 3 is 2.33 bits per heavy atom. The van der Waals surface area contributed by atoms with Gasteiger partial charge in [0.05, 0.1) is 11.1 Å². The van der Waals surface area contributed by atoms with Crippen LogP contribution in [-0.2, 0) is 12.6 Å². The van der Waals surface area contributed by atoms with E-state index >= 15 is 0 Å². The maximum Gasteiger partial charge on any atom is 0.416 e. The first-order valence-corrected chi connectivity index (χ1v) is 7.75. The van der Waals surface area contributed by atoms with Crippen LogP contribution >= 0.6 is 0 Å². The van der Waals surface area contributed by atoms with Gasteiger partial charge in [0.1, 0.15) is 30.3 Å². The van der Waals surface area contributed by atoms with Crippen LogP contribution in [0, 0.1) is 11.6 Å². The van der Waals surface area contributed by atoms with Gasteiger partial charge in [-0.15, -0.1) is 0 Å². The minimum absolute atomic E-state index is 0.0307. The van der Waals surface area contributed by atoms with E-state index in [0.717, 1.165) is 6.07 Å². The van der Waals surface area contributed by atoms with Gasteiger partial charge in [-0.3, -0.25) is 4.79 Å². The van der Waals surface area contributed by atoms with Crippen molar-refractivity contribution in [3.63, 3.8) is 0 Å². The summed E-state index contributed by atoms with van der Waals surface area (Å²) < 4.78 is 66.6. The van der Waals surface area contributed by atoms with Crippen LogP contribution in [-0.4, -0.2) is 20.5 Å². The average molecular weight is 381 g/mol. The summed E-state index contributed by atoms with van der Waals surface area (Å²) in [6.07, 6.45) is -2.27. The number of aromatic nitrogens is 3. The van der Waals surface area contributed by atoms with E-state index in [0.29, 0.717) is 11.6 Å². The summed E-state index contributed by atoms with van der Waals surface area (Å²) in [6.45, 7) is 0. The highest BCUT2D eigenvalue weighted by atomic mass is 19.4. The molecule has 140 valence electrons. The Balaban J connectivity index is 1.95. The van der Waals surface area contributed by atoms with Crippen LogP contribution in [0.1, 0.15) is 27.5 Å². The molecular weight excluding hydrogens is 369 g/mol. The fraction of sp³-hybridized carbons (Fsp3) is 0.167. The van der Waals surface area contributed by atoms with Crippen molar-refractivity contribution in [1.82, 2.24) is 14.8 Å². The second-order valence-corrected chi connectivity index (χ2v) is 5.78. The van der Waals surface area contributed by atoms with Gasteiger partial charge in [0, 0.05) is 6.42 Å². The first kappa shape index (κ1) is 18.7. The first-order valence-electron chi connectivity index (χ1n) is 7.75. The third kappa shape index (κ3) is 4.18. The van der Waals surface area contributed by atoms with E-state index in [4.69, 9.17) is 0 Å². The quantitative estimate of drug-likeness (QED) is 0.491. The number of alkyl halides is 3. The van der Waals surface area contributed by atoms with Gasteiger partial charge in [0.25, 0.3) is 0 Å². The van der Waals surface area contributed by atoms with E-state index in [1.54, 1.807) is 0 Å². The zero-order valence-corrected chi connectivity index (χ0v) is 13.6. The Kier molecular flexibility index (Phi) is 5.02. The molecule has 0 N–H and O–H groups in total. The minimum Gasteiger partial charge on any atom is -0.292 e. The monoisotopic (exact) mass is 381 g/mol. The highest BCUT2D eigenvalue weighted by Gasteiger charge is 2.33. The van der Waals surface area contributed by atoms with Crippen LogP contribution in [0.4, 0.5) is 22.0 Å². The van der Waals surface area contributed by atoms with Gasteiger partial charge in [0.15, 0.2) is 5.78 Å². The maximum absolute atomic E-state index is 14.2. The lowest BCUT2D eigenvalue weighted by Gasteiger charge is -2.17. The Bertz CT molecular complexity index is 937. The number of hydrogen-bond acceptors (Lipinski definition) is 3. The van der Waals surface area contributed by atoms with E-state index in [1.165, 1.54) is 41.6 Å². The smallest absolute Gasteiger partial charge is 0.292 e. The number of ketones is 1. The molecule has 27 heavy (non-hydrogen) atoms. The molecular formula is C18H12F5N3O. The molecule has 1 aromatic heterocycles. The van der Waals surface area contributed by atoms with Gasteiger partial charge in [-0.2, -0.15) is 18.3 Å². The molecule has 1 atom stereocenters. The molecule has 3 aromatic rings. The van der Waals surface area contributed by atoms with Gasteiger partial charge in [-0.1, -0.05) is 12.1 Å². The van der Waals surface area contributed by atoms with Crippen LogP contribution in [0.3, 0.4) is 0 Å². The van der Waals surface area contributed by atoms with Gasteiger partial charge in [-0.05, 0) is 35.9 Å². The zero-order valence-electron chi connectivity index (χ0n) is 13.6. The summed E-state index contributed by atoms with van der Waals surface area (Å²) in [5.74, 6) is -2.51. The fourth-order valence-electron chi connectivity index (χ4n) is 2.60. The molecule has 4 nitrogen and oxygen atoms in total. The van der Waals surface area contributed by atoms with Crippen LogP contribution in [0.5, 0.6) is 0 Å². The topological polar surface area (TPSA) is 47.8 Å². The number of Topliss-reactive ketones (excluding diaryl/α,β-unsaturated/α-hetero) is 1. The summed E-state index contributed by atoms with van der Waals surface area (Å²) >= 11 is 0. The fourth-order valence-corrected chi connectivity index (χ4v) is 2.60. The molecule has 0 aliphatic rings. The molecule has 9 heteroatoms. The molecule has 0 spiro atoms. The molecule has 0 aliphatic heterocycles. The molecule has 0 fully saturated rings. The summed E-state index contributed by atoms with van der Waals surface area (Å²) in [7, 11) is 0. The van der Waals surface area contributed by atoms with Crippen LogP contribution in [0.2, 0.25) is 0 Å². The number of hydrogen-bond donors (Lipinski definition) is 0. The number of nitrogens with zero attached hydrogens (tertiary/aromatic N) is 3. The summed E-state index contributed by atoms with van der Waals surface area (Å²) in [4.78, 5) is 16.6. The second kappa shape index (κ2) is 7.26. The van der Waals surface area contributed by atoms with Crippen molar-refractivity contribution in [2.75, 3.05) is 0 Å². The predicted molar refractivity (Wildman–Crippen MR) is 84.9 cm³/mol. The van der Waals surface area contributed by atoms with Crippen molar-refractivity contribution < 1.29 is 26.7 Å². The van der Waals surface area contributed by atoms with Crippen molar-refractivity contribution in [1.29, 1.82) is 0 Å². The van der Waals surface area contributed by atoms with Crippen molar-refractivity contribution >= 4 is 5.78 Å².